The number of benzene rings is 1. The van der Waals surface area contributed by atoms with E-state index in [4.69, 9.17) is 10.5 Å². The van der Waals surface area contributed by atoms with Crippen molar-refractivity contribution in [3.8, 4) is 5.69 Å². The van der Waals surface area contributed by atoms with Gasteiger partial charge in [0.05, 0.1) is 24.5 Å². The largest absolute Gasteiger partial charge is 0.383 e. The maximum atomic E-state index is 12.4. The van der Waals surface area contributed by atoms with Gasteiger partial charge in [-0.1, -0.05) is 23.8 Å². The van der Waals surface area contributed by atoms with Crippen molar-refractivity contribution in [1.82, 2.24) is 15.1 Å². The van der Waals surface area contributed by atoms with Crippen molar-refractivity contribution in [1.29, 1.82) is 0 Å². The molecule has 1 aromatic carbocycles. The number of ether oxygens (including phenoxy) is 1. The van der Waals surface area contributed by atoms with Gasteiger partial charge in [0, 0.05) is 0 Å². The molecule has 0 atom stereocenters. The Morgan fingerprint density at radius 2 is 1.79 bits per heavy atom. The number of fused-ring (bicyclic) bond motifs is 1. The average molecular weight is 324 g/mol. The average Bonchev–Trinajstić information content (AvgIpc) is 2.94. The van der Waals surface area contributed by atoms with Gasteiger partial charge in [0.25, 0.3) is 11.8 Å². The summed E-state index contributed by atoms with van der Waals surface area (Å²) in [7, 11) is 0. The summed E-state index contributed by atoms with van der Waals surface area (Å²) >= 11 is 0. The number of anilines is 1. The topological polar surface area (TPSA) is 99.2 Å². The zero-order valence-electron chi connectivity index (χ0n) is 12.9. The fourth-order valence-corrected chi connectivity index (χ4v) is 3.13. The first-order valence-electron chi connectivity index (χ1n) is 7.76. The second kappa shape index (κ2) is 5.61. The van der Waals surface area contributed by atoms with Crippen LogP contribution in [0.5, 0.6) is 0 Å². The first-order chi connectivity index (χ1) is 11.7. The molecule has 0 bridgehead atoms. The van der Waals surface area contributed by atoms with E-state index >= 15 is 0 Å². The summed E-state index contributed by atoms with van der Waals surface area (Å²) in [6.07, 6.45) is 1.29. The maximum absolute atomic E-state index is 12.4. The van der Waals surface area contributed by atoms with Gasteiger partial charge in [0.15, 0.2) is 0 Å². The Morgan fingerprint density at radius 3 is 2.50 bits per heavy atom. The number of hydrogen-bond acceptors (Lipinski definition) is 5. The molecule has 0 radical (unpaired) electrons. The number of hydrogen-bond donors (Lipinski definition) is 2. The van der Waals surface area contributed by atoms with Crippen LogP contribution in [-0.4, -0.2) is 34.8 Å². The summed E-state index contributed by atoms with van der Waals surface area (Å²) in [6.45, 7) is 1.12. The second-order valence-electron chi connectivity index (χ2n) is 5.73. The Morgan fingerprint density at radius 1 is 1.08 bits per heavy atom. The molecule has 4 rings (SSSR count). The van der Waals surface area contributed by atoms with Crippen molar-refractivity contribution < 1.29 is 14.3 Å². The van der Waals surface area contributed by atoms with E-state index in [0.717, 1.165) is 11.3 Å². The second-order valence-corrected chi connectivity index (χ2v) is 5.73. The van der Waals surface area contributed by atoms with Crippen molar-refractivity contribution in [2.75, 3.05) is 18.9 Å². The summed E-state index contributed by atoms with van der Waals surface area (Å²) in [6, 6.07) is 9.29. The molecule has 24 heavy (non-hydrogen) atoms. The van der Waals surface area contributed by atoms with Gasteiger partial charge in [0.2, 0.25) is 0 Å². The van der Waals surface area contributed by atoms with Crippen LogP contribution in [-0.2, 0) is 9.53 Å². The summed E-state index contributed by atoms with van der Waals surface area (Å²) in [5.41, 5.74) is 8.92. The molecule has 7 heteroatoms. The number of imide groups is 1. The number of nitrogen functional groups attached to an aromatic ring is 1. The smallest absolute Gasteiger partial charge is 0.264 e. The van der Waals surface area contributed by atoms with E-state index in [-0.39, 0.29) is 11.4 Å². The number of para-hydroxylation sites is 1. The molecule has 1 saturated heterocycles. The van der Waals surface area contributed by atoms with Crippen molar-refractivity contribution in [3.63, 3.8) is 0 Å². The monoisotopic (exact) mass is 324 g/mol. The number of carbonyl (C=O) groups is 2. The maximum Gasteiger partial charge on any atom is 0.264 e. The highest BCUT2D eigenvalue weighted by Crippen LogP contribution is 2.34. The molecule has 2 aromatic rings. The quantitative estimate of drug-likeness (QED) is 0.608. The molecule has 1 aromatic heterocycles. The van der Waals surface area contributed by atoms with Crippen LogP contribution in [0.3, 0.4) is 0 Å². The van der Waals surface area contributed by atoms with Gasteiger partial charge < -0.3 is 10.5 Å². The number of carbonyl (C=O) groups excluding carboxylic acids is 2. The fraction of sp³-hybridized carbons (Fsp3) is 0.235. The lowest BCUT2D eigenvalue weighted by Gasteiger charge is -2.21. The molecule has 0 unspecified atom stereocenters. The molecule has 2 aliphatic heterocycles. The summed E-state index contributed by atoms with van der Waals surface area (Å²) < 4.78 is 6.85. The van der Waals surface area contributed by atoms with Crippen LogP contribution in [0, 0.1) is 0 Å². The zero-order chi connectivity index (χ0) is 16.7. The van der Waals surface area contributed by atoms with Crippen LogP contribution >= 0.6 is 0 Å². The van der Waals surface area contributed by atoms with Crippen LogP contribution in [0.25, 0.3) is 11.3 Å². The van der Waals surface area contributed by atoms with E-state index in [9.17, 15) is 9.59 Å². The molecule has 0 saturated carbocycles. The summed E-state index contributed by atoms with van der Waals surface area (Å²) in [4.78, 5) is 24.7. The standard InChI is InChI=1S/C17H16N4O3/c18-15-13-14(20-21(15)11-4-2-1-3-5-11)12(16(22)19-17(13)23)10-6-8-24-9-7-10/h1-5H,6-9,18H2,(H,19,22,23). The van der Waals surface area contributed by atoms with Gasteiger partial charge in [-0.3, -0.25) is 14.9 Å². The molecule has 2 aliphatic rings. The van der Waals surface area contributed by atoms with Crippen LogP contribution in [0.1, 0.15) is 28.9 Å². The number of nitrogens with one attached hydrogen (secondary N) is 1. The van der Waals surface area contributed by atoms with E-state index < -0.39 is 11.8 Å². The Hall–Kier alpha value is -2.93. The molecule has 1 fully saturated rings. The molecule has 0 spiro atoms. The zero-order valence-corrected chi connectivity index (χ0v) is 12.9. The molecule has 122 valence electrons. The summed E-state index contributed by atoms with van der Waals surface area (Å²) in [5, 5.41) is 6.87. The van der Waals surface area contributed by atoms with Gasteiger partial charge in [-0.15, -0.1) is 0 Å². The van der Waals surface area contributed by atoms with Crippen LogP contribution in [0.4, 0.5) is 5.82 Å². The van der Waals surface area contributed by atoms with Gasteiger partial charge >= 0.3 is 0 Å². The molecular weight excluding hydrogens is 308 g/mol. The minimum atomic E-state index is -0.508. The third kappa shape index (κ3) is 2.21. The first-order valence-corrected chi connectivity index (χ1v) is 7.76. The Kier molecular flexibility index (Phi) is 3.42. The van der Waals surface area contributed by atoms with Crippen molar-refractivity contribution in [2.24, 2.45) is 0 Å². The van der Waals surface area contributed by atoms with E-state index in [0.29, 0.717) is 37.3 Å². The fourth-order valence-electron chi connectivity index (χ4n) is 3.13. The third-order valence-electron chi connectivity index (χ3n) is 4.29. The van der Waals surface area contributed by atoms with Crippen LogP contribution in [0.2, 0.25) is 0 Å². The van der Waals surface area contributed by atoms with Crippen molar-refractivity contribution >= 4 is 23.2 Å². The van der Waals surface area contributed by atoms with Crippen molar-refractivity contribution in [3.05, 3.63) is 47.2 Å². The molecule has 3 N–H and O–H groups in total. The lowest BCUT2D eigenvalue weighted by molar-refractivity contribution is -0.114. The Labute approximate surface area is 138 Å². The highest BCUT2D eigenvalue weighted by atomic mass is 16.5. The number of amides is 2. The SMILES string of the molecule is Nc1c2c(nn1-c1ccccc1)C(=C1CCOCC1)C(=O)NC2=O. The predicted molar refractivity (Wildman–Crippen MR) is 87.4 cm³/mol. The molecule has 2 amide bonds. The molecule has 3 heterocycles. The minimum Gasteiger partial charge on any atom is -0.383 e. The van der Waals surface area contributed by atoms with Gasteiger partial charge in [-0.2, -0.15) is 5.10 Å². The van der Waals surface area contributed by atoms with Gasteiger partial charge in [0.1, 0.15) is 17.1 Å². The number of aromatic nitrogens is 2. The lowest BCUT2D eigenvalue weighted by atomic mass is 9.93. The summed E-state index contributed by atoms with van der Waals surface area (Å²) in [5.74, 6) is -0.695. The van der Waals surface area contributed by atoms with Gasteiger partial charge in [-0.05, 0) is 25.0 Å². The normalized spacial score (nSPS) is 17.7. The van der Waals surface area contributed by atoms with Crippen molar-refractivity contribution in [2.45, 2.75) is 12.8 Å². The Balaban J connectivity index is 1.93. The lowest BCUT2D eigenvalue weighted by Crippen LogP contribution is -2.37. The van der Waals surface area contributed by atoms with Gasteiger partial charge in [-0.25, -0.2) is 4.68 Å². The third-order valence-corrected chi connectivity index (χ3v) is 4.29. The minimum absolute atomic E-state index is 0.228. The number of nitrogens with two attached hydrogens (primary N) is 1. The van der Waals surface area contributed by atoms with E-state index in [1.807, 2.05) is 30.3 Å². The van der Waals surface area contributed by atoms with E-state index in [2.05, 4.69) is 10.4 Å². The van der Waals surface area contributed by atoms with Crippen LogP contribution < -0.4 is 11.1 Å². The Bertz CT molecular complexity index is 859. The first kappa shape index (κ1) is 14.6. The van der Waals surface area contributed by atoms with E-state index in [1.54, 1.807) is 0 Å². The molecule has 0 aliphatic carbocycles. The molecular formula is C17H16N4O3. The predicted octanol–water partition coefficient (Wildman–Crippen LogP) is 1.29. The highest BCUT2D eigenvalue weighted by molar-refractivity contribution is 6.32. The van der Waals surface area contributed by atoms with Crippen LogP contribution in [0.15, 0.2) is 35.9 Å². The van der Waals surface area contributed by atoms with E-state index in [1.165, 1.54) is 4.68 Å². The highest BCUT2D eigenvalue weighted by Gasteiger charge is 2.36. The molecule has 7 nitrogen and oxygen atoms in total. The number of nitrogens with zero attached hydrogens (tertiary/aromatic N) is 2. The number of rotatable bonds is 1.